The molecule has 0 radical (unpaired) electrons. The van der Waals surface area contributed by atoms with Crippen molar-refractivity contribution in [3.63, 3.8) is 0 Å². The molecule has 1 saturated heterocycles. The van der Waals surface area contributed by atoms with Gasteiger partial charge in [0.25, 0.3) is 0 Å². The third kappa shape index (κ3) is 5.18. The number of rotatable bonds is 9. The van der Waals surface area contributed by atoms with Crippen LogP contribution in [0.2, 0.25) is 0 Å². The van der Waals surface area contributed by atoms with Crippen molar-refractivity contribution >= 4 is 0 Å². The molecular weight excluding hydrogens is 348 g/mol. The van der Waals surface area contributed by atoms with Gasteiger partial charge in [0, 0.05) is 17.8 Å². The zero-order chi connectivity index (χ0) is 19.0. The first kappa shape index (κ1) is 18.7. The Balaban J connectivity index is 1.27. The van der Waals surface area contributed by atoms with E-state index < -0.39 is 0 Å². The minimum Gasteiger partial charge on any atom is -0.490 e. The fourth-order valence-corrected chi connectivity index (χ4v) is 3.16. The smallest absolute Gasteiger partial charge is 0.138 e. The molecule has 4 rings (SSSR count). The van der Waals surface area contributed by atoms with Gasteiger partial charge in [-0.3, -0.25) is 4.98 Å². The molecule has 0 unspecified atom stereocenters. The molecule has 0 aliphatic carbocycles. The van der Waals surface area contributed by atoms with Crippen molar-refractivity contribution in [1.82, 2.24) is 10.3 Å². The van der Waals surface area contributed by atoms with Crippen molar-refractivity contribution in [3.05, 3.63) is 84.2 Å². The Morgan fingerprint density at radius 2 is 1.75 bits per heavy atom. The summed E-state index contributed by atoms with van der Waals surface area (Å²) in [7, 11) is 0. The first-order valence-electron chi connectivity index (χ1n) is 9.89. The lowest BCUT2D eigenvalue weighted by Crippen LogP contribution is -2.46. The summed E-state index contributed by atoms with van der Waals surface area (Å²) in [4.78, 5) is 4.33. The van der Waals surface area contributed by atoms with Crippen molar-refractivity contribution in [2.45, 2.75) is 25.5 Å². The molecule has 4 heteroatoms. The van der Waals surface area contributed by atoms with Crippen LogP contribution in [0.25, 0.3) is 11.1 Å². The van der Waals surface area contributed by atoms with Crippen LogP contribution < -0.4 is 10.1 Å². The van der Waals surface area contributed by atoms with Gasteiger partial charge in [-0.05, 0) is 42.1 Å². The average Bonchev–Trinajstić information content (AvgIpc) is 2.72. The molecule has 2 heterocycles. The zero-order valence-electron chi connectivity index (χ0n) is 16.0. The van der Waals surface area contributed by atoms with E-state index in [0.29, 0.717) is 25.9 Å². The largest absolute Gasteiger partial charge is 0.490 e. The number of hydrogen-bond donors (Lipinski definition) is 1. The molecule has 3 aromatic rings. The summed E-state index contributed by atoms with van der Waals surface area (Å²) < 4.78 is 11.6. The second-order valence-electron chi connectivity index (χ2n) is 7.15. The molecule has 1 aromatic heterocycles. The lowest BCUT2D eigenvalue weighted by atomic mass is 10.0. The van der Waals surface area contributed by atoms with Crippen molar-refractivity contribution in [1.29, 1.82) is 0 Å². The zero-order valence-corrected chi connectivity index (χ0v) is 16.0. The third-order valence-corrected chi connectivity index (χ3v) is 5.02. The van der Waals surface area contributed by atoms with E-state index in [0.717, 1.165) is 29.8 Å². The predicted molar refractivity (Wildman–Crippen MR) is 111 cm³/mol. The standard InChI is InChI=1S/C24H26N2O2/c1-2-4-20(5-3-1)17-27-13-11-19-6-8-21(9-7-19)22-14-24(16-25-15-22)28-18-23-10-12-26-23/h1-9,14-16,23,26H,10-13,17-18H2/t23-/m0/s1. The van der Waals surface area contributed by atoms with Gasteiger partial charge in [0.05, 0.1) is 19.4 Å². The fraction of sp³-hybridized carbons (Fsp3) is 0.292. The summed E-state index contributed by atoms with van der Waals surface area (Å²) in [5.74, 6) is 0.824. The Hall–Kier alpha value is -2.69. The van der Waals surface area contributed by atoms with E-state index in [1.165, 1.54) is 17.5 Å². The van der Waals surface area contributed by atoms with Crippen molar-refractivity contribution < 1.29 is 9.47 Å². The minimum atomic E-state index is 0.479. The highest BCUT2D eigenvalue weighted by Gasteiger charge is 2.16. The van der Waals surface area contributed by atoms with Gasteiger partial charge in [-0.25, -0.2) is 0 Å². The van der Waals surface area contributed by atoms with Gasteiger partial charge in [0.1, 0.15) is 12.4 Å². The number of pyridine rings is 1. The third-order valence-electron chi connectivity index (χ3n) is 5.02. The molecule has 28 heavy (non-hydrogen) atoms. The summed E-state index contributed by atoms with van der Waals surface area (Å²) in [6, 6.07) is 21.4. The van der Waals surface area contributed by atoms with Crippen LogP contribution in [0.15, 0.2) is 73.1 Å². The number of benzene rings is 2. The molecule has 4 nitrogen and oxygen atoms in total. The quantitative estimate of drug-likeness (QED) is 0.569. The van der Waals surface area contributed by atoms with Crippen molar-refractivity contribution in [2.75, 3.05) is 19.8 Å². The fourth-order valence-electron chi connectivity index (χ4n) is 3.16. The molecule has 0 saturated carbocycles. The van der Waals surface area contributed by atoms with Gasteiger partial charge in [-0.15, -0.1) is 0 Å². The monoisotopic (exact) mass is 374 g/mol. The summed E-state index contributed by atoms with van der Waals surface area (Å²) in [5.41, 5.74) is 4.70. The highest BCUT2D eigenvalue weighted by atomic mass is 16.5. The maximum absolute atomic E-state index is 5.86. The van der Waals surface area contributed by atoms with Gasteiger partial charge < -0.3 is 14.8 Å². The van der Waals surface area contributed by atoms with E-state index in [2.05, 4.69) is 52.8 Å². The molecule has 1 fully saturated rings. The molecule has 2 aromatic carbocycles. The summed E-state index contributed by atoms with van der Waals surface area (Å²) >= 11 is 0. The molecule has 1 atom stereocenters. The molecule has 0 bridgehead atoms. The van der Waals surface area contributed by atoms with Gasteiger partial charge >= 0.3 is 0 Å². The Morgan fingerprint density at radius 1 is 0.929 bits per heavy atom. The average molecular weight is 374 g/mol. The Morgan fingerprint density at radius 3 is 2.50 bits per heavy atom. The maximum Gasteiger partial charge on any atom is 0.138 e. The van der Waals surface area contributed by atoms with Crippen molar-refractivity contribution in [3.8, 4) is 16.9 Å². The number of nitrogens with zero attached hydrogens (tertiary/aromatic N) is 1. The summed E-state index contributed by atoms with van der Waals surface area (Å²) in [6.07, 6.45) is 5.75. The molecule has 144 valence electrons. The Bertz CT molecular complexity index is 861. The highest BCUT2D eigenvalue weighted by Crippen LogP contribution is 2.23. The number of aromatic nitrogens is 1. The molecule has 1 aliphatic rings. The van der Waals surface area contributed by atoms with Crippen molar-refractivity contribution in [2.24, 2.45) is 0 Å². The van der Waals surface area contributed by atoms with E-state index >= 15 is 0 Å². The normalized spacial score (nSPS) is 15.8. The predicted octanol–water partition coefficient (Wildman–Crippen LogP) is 4.25. The Kier molecular flexibility index (Phi) is 6.32. The topological polar surface area (TPSA) is 43.4 Å². The summed E-state index contributed by atoms with van der Waals surface area (Å²) in [6.45, 7) is 3.17. The van der Waals surface area contributed by atoms with Gasteiger partial charge in [0.2, 0.25) is 0 Å². The molecule has 1 aliphatic heterocycles. The highest BCUT2D eigenvalue weighted by molar-refractivity contribution is 5.64. The number of hydrogen-bond acceptors (Lipinski definition) is 4. The van der Waals surface area contributed by atoms with Crippen LogP contribution in [0.5, 0.6) is 5.75 Å². The van der Waals surface area contributed by atoms with Crippen LogP contribution in [-0.2, 0) is 17.8 Å². The van der Waals surface area contributed by atoms with Crippen LogP contribution in [0, 0.1) is 0 Å². The van der Waals surface area contributed by atoms with Crippen LogP contribution in [0.3, 0.4) is 0 Å². The lowest BCUT2D eigenvalue weighted by molar-refractivity contribution is 0.124. The van der Waals surface area contributed by atoms with E-state index in [1.807, 2.05) is 24.4 Å². The van der Waals surface area contributed by atoms with Crippen LogP contribution >= 0.6 is 0 Å². The first-order valence-corrected chi connectivity index (χ1v) is 9.89. The lowest BCUT2D eigenvalue weighted by Gasteiger charge is -2.27. The number of ether oxygens (including phenoxy) is 2. The van der Waals surface area contributed by atoms with Crippen LogP contribution in [0.4, 0.5) is 0 Å². The molecule has 0 spiro atoms. The second-order valence-corrected chi connectivity index (χ2v) is 7.15. The van der Waals surface area contributed by atoms with E-state index in [9.17, 15) is 0 Å². The molecular formula is C24H26N2O2. The maximum atomic E-state index is 5.86. The molecule has 1 N–H and O–H groups in total. The van der Waals surface area contributed by atoms with E-state index in [4.69, 9.17) is 9.47 Å². The minimum absolute atomic E-state index is 0.479. The van der Waals surface area contributed by atoms with Gasteiger partial charge in [-0.2, -0.15) is 0 Å². The second kappa shape index (κ2) is 9.49. The number of nitrogens with one attached hydrogen (secondary N) is 1. The van der Waals surface area contributed by atoms with E-state index in [-0.39, 0.29) is 0 Å². The van der Waals surface area contributed by atoms with E-state index in [1.54, 1.807) is 6.20 Å². The first-order chi connectivity index (χ1) is 13.9. The molecule has 0 amide bonds. The van der Waals surface area contributed by atoms with Gasteiger partial charge in [0.15, 0.2) is 0 Å². The van der Waals surface area contributed by atoms with Crippen LogP contribution in [0.1, 0.15) is 17.5 Å². The van der Waals surface area contributed by atoms with Gasteiger partial charge in [-0.1, -0.05) is 54.6 Å². The Labute approximate surface area is 166 Å². The summed E-state index contributed by atoms with van der Waals surface area (Å²) in [5, 5.41) is 3.34. The SMILES string of the molecule is c1ccc(COCCc2ccc(-c3cncc(OC[C@@H]4CCN4)c3)cc2)cc1. The van der Waals surface area contributed by atoms with Crippen LogP contribution in [-0.4, -0.2) is 30.8 Å².